The lowest BCUT2D eigenvalue weighted by Crippen LogP contribution is -2.14. The molecule has 0 unspecified atom stereocenters. The summed E-state index contributed by atoms with van der Waals surface area (Å²) in [4.78, 5) is 11.0. The molecular formula is C7H11NO. The summed E-state index contributed by atoms with van der Waals surface area (Å²) in [5.74, 6) is 0.234. The molecule has 0 aromatic rings. The predicted molar refractivity (Wildman–Crippen MR) is 35.7 cm³/mol. The number of nitrogens with one attached hydrogen (secondary N) is 1. The molecule has 1 fully saturated rings. The van der Waals surface area contributed by atoms with Gasteiger partial charge in [0.1, 0.15) is 5.78 Å². The molecule has 1 saturated carbocycles. The van der Waals surface area contributed by atoms with Gasteiger partial charge < -0.3 is 5.41 Å². The molecule has 50 valence electrons. The van der Waals surface area contributed by atoms with Crippen LogP contribution in [-0.2, 0) is 4.79 Å². The molecule has 0 amide bonds. The van der Waals surface area contributed by atoms with Crippen molar-refractivity contribution >= 4 is 12.0 Å². The van der Waals surface area contributed by atoms with E-state index in [1.165, 1.54) is 6.21 Å². The second-order valence-corrected chi connectivity index (χ2v) is 2.58. The third-order valence-corrected chi connectivity index (χ3v) is 1.94. The van der Waals surface area contributed by atoms with E-state index < -0.39 is 0 Å². The topological polar surface area (TPSA) is 40.9 Å². The summed E-state index contributed by atoms with van der Waals surface area (Å²) in [6.45, 7) is 1.85. The van der Waals surface area contributed by atoms with Gasteiger partial charge in [-0.1, -0.05) is 6.92 Å². The molecule has 0 aromatic heterocycles. The maximum Gasteiger partial charge on any atom is 0.144 e. The van der Waals surface area contributed by atoms with E-state index in [1.54, 1.807) is 0 Å². The van der Waals surface area contributed by atoms with E-state index >= 15 is 0 Å². The van der Waals surface area contributed by atoms with Gasteiger partial charge in [0.25, 0.3) is 0 Å². The summed E-state index contributed by atoms with van der Waals surface area (Å²) in [6, 6.07) is 0. The Hall–Kier alpha value is -0.660. The van der Waals surface area contributed by atoms with Crippen LogP contribution in [0, 0.1) is 10.8 Å². The Morgan fingerprint density at radius 3 is 2.44 bits per heavy atom. The van der Waals surface area contributed by atoms with Crippen molar-refractivity contribution < 1.29 is 4.79 Å². The van der Waals surface area contributed by atoms with Gasteiger partial charge >= 0.3 is 0 Å². The van der Waals surface area contributed by atoms with Crippen molar-refractivity contribution in [1.29, 1.82) is 5.41 Å². The first-order chi connectivity index (χ1) is 4.25. The van der Waals surface area contributed by atoms with Crippen LogP contribution in [0.5, 0.6) is 0 Å². The lowest BCUT2D eigenvalue weighted by Gasteiger charge is -2.01. The summed E-state index contributed by atoms with van der Waals surface area (Å²) >= 11 is 0. The Bertz CT molecular complexity index is 147. The molecule has 0 heterocycles. The van der Waals surface area contributed by atoms with Gasteiger partial charge in [0.05, 0.1) is 5.41 Å². The van der Waals surface area contributed by atoms with Gasteiger partial charge in [0, 0.05) is 12.6 Å². The molecule has 2 nitrogen and oxygen atoms in total. The number of ketones is 1. The highest BCUT2D eigenvalue weighted by Gasteiger charge is 2.46. The van der Waals surface area contributed by atoms with Crippen LogP contribution in [0.3, 0.4) is 0 Å². The molecule has 1 aliphatic rings. The van der Waals surface area contributed by atoms with Gasteiger partial charge in [0.2, 0.25) is 0 Å². The number of rotatable bonds is 3. The number of hydrogen-bond acceptors (Lipinski definition) is 2. The zero-order chi connectivity index (χ0) is 6.91. The molecule has 0 bridgehead atoms. The standard InChI is InChI=1S/C7H11NO/c1-2-6(9)7(5-8)3-4-7/h5,8H,2-4H2,1H3. The van der Waals surface area contributed by atoms with E-state index in [4.69, 9.17) is 5.41 Å². The van der Waals surface area contributed by atoms with E-state index in [-0.39, 0.29) is 11.2 Å². The predicted octanol–water partition coefficient (Wildman–Crippen LogP) is 1.40. The van der Waals surface area contributed by atoms with Gasteiger partial charge in [-0.2, -0.15) is 0 Å². The van der Waals surface area contributed by atoms with Gasteiger partial charge in [0.15, 0.2) is 0 Å². The minimum Gasteiger partial charge on any atom is -0.312 e. The molecule has 0 aromatic carbocycles. The lowest BCUT2D eigenvalue weighted by atomic mass is 10.0. The van der Waals surface area contributed by atoms with Crippen molar-refractivity contribution in [1.82, 2.24) is 0 Å². The monoisotopic (exact) mass is 125 g/mol. The largest absolute Gasteiger partial charge is 0.312 e. The van der Waals surface area contributed by atoms with Crippen molar-refractivity contribution in [2.45, 2.75) is 26.2 Å². The summed E-state index contributed by atoms with van der Waals surface area (Å²) in [6.07, 6.45) is 3.70. The highest BCUT2D eigenvalue weighted by atomic mass is 16.1. The third kappa shape index (κ3) is 0.889. The SMILES string of the molecule is CCC(=O)C1(C=N)CC1. The van der Waals surface area contributed by atoms with Crippen molar-refractivity contribution in [3.63, 3.8) is 0 Å². The van der Waals surface area contributed by atoms with Crippen molar-refractivity contribution in [3.8, 4) is 0 Å². The van der Waals surface area contributed by atoms with Crippen molar-refractivity contribution in [2.75, 3.05) is 0 Å². The molecule has 1 N–H and O–H groups in total. The summed E-state index contributed by atoms with van der Waals surface area (Å²) < 4.78 is 0. The van der Waals surface area contributed by atoms with E-state index in [2.05, 4.69) is 0 Å². The summed E-state index contributed by atoms with van der Waals surface area (Å²) in [5, 5.41) is 6.96. The average molecular weight is 125 g/mol. The fourth-order valence-electron chi connectivity index (χ4n) is 0.990. The van der Waals surface area contributed by atoms with E-state index in [9.17, 15) is 4.79 Å². The quantitative estimate of drug-likeness (QED) is 0.569. The summed E-state index contributed by atoms with van der Waals surface area (Å²) in [7, 11) is 0. The van der Waals surface area contributed by atoms with Gasteiger partial charge in [-0.15, -0.1) is 0 Å². The normalized spacial score (nSPS) is 21.0. The minimum absolute atomic E-state index is 0.234. The summed E-state index contributed by atoms with van der Waals surface area (Å²) in [5.41, 5.74) is -0.297. The van der Waals surface area contributed by atoms with Crippen LogP contribution in [0.4, 0.5) is 0 Å². The number of Topliss-reactive ketones (excluding diaryl/α,β-unsaturated/α-hetero) is 1. The van der Waals surface area contributed by atoms with Crippen LogP contribution in [0.1, 0.15) is 26.2 Å². The number of hydrogen-bond donors (Lipinski definition) is 1. The Morgan fingerprint density at radius 2 is 2.33 bits per heavy atom. The Labute approximate surface area is 54.8 Å². The average Bonchev–Trinajstić information content (AvgIpc) is 2.66. The molecule has 0 saturated heterocycles. The van der Waals surface area contributed by atoms with Crippen LogP contribution >= 0.6 is 0 Å². The molecule has 1 aliphatic carbocycles. The van der Waals surface area contributed by atoms with E-state index in [0.29, 0.717) is 6.42 Å². The van der Waals surface area contributed by atoms with E-state index in [0.717, 1.165) is 12.8 Å². The molecular weight excluding hydrogens is 114 g/mol. The fraction of sp³-hybridized carbons (Fsp3) is 0.714. The van der Waals surface area contributed by atoms with Crippen LogP contribution < -0.4 is 0 Å². The third-order valence-electron chi connectivity index (χ3n) is 1.94. The first-order valence-corrected chi connectivity index (χ1v) is 3.30. The van der Waals surface area contributed by atoms with Crippen LogP contribution in [0.2, 0.25) is 0 Å². The zero-order valence-corrected chi connectivity index (χ0v) is 5.61. The maximum absolute atomic E-state index is 11.0. The molecule has 9 heavy (non-hydrogen) atoms. The Kier molecular flexibility index (Phi) is 1.39. The number of carbonyl (C=O) groups excluding carboxylic acids is 1. The second kappa shape index (κ2) is 1.94. The molecule has 0 aliphatic heterocycles. The van der Waals surface area contributed by atoms with Crippen LogP contribution in [0.15, 0.2) is 0 Å². The highest BCUT2D eigenvalue weighted by Crippen LogP contribution is 2.44. The first kappa shape index (κ1) is 6.46. The van der Waals surface area contributed by atoms with Crippen LogP contribution in [0.25, 0.3) is 0 Å². The molecule has 0 radical (unpaired) electrons. The zero-order valence-electron chi connectivity index (χ0n) is 5.61. The lowest BCUT2D eigenvalue weighted by molar-refractivity contribution is -0.121. The van der Waals surface area contributed by atoms with E-state index in [1.807, 2.05) is 6.92 Å². The molecule has 1 rings (SSSR count). The highest BCUT2D eigenvalue weighted by molar-refractivity contribution is 6.01. The van der Waals surface area contributed by atoms with Gasteiger partial charge in [-0.25, -0.2) is 0 Å². The van der Waals surface area contributed by atoms with Crippen molar-refractivity contribution in [2.24, 2.45) is 5.41 Å². The first-order valence-electron chi connectivity index (χ1n) is 3.30. The molecule has 0 spiro atoms. The smallest absolute Gasteiger partial charge is 0.144 e. The molecule has 0 atom stereocenters. The van der Waals surface area contributed by atoms with Crippen molar-refractivity contribution in [3.05, 3.63) is 0 Å². The Balaban J connectivity index is 2.59. The minimum atomic E-state index is -0.297. The Morgan fingerprint density at radius 1 is 1.78 bits per heavy atom. The molecule has 2 heteroatoms. The van der Waals surface area contributed by atoms with Crippen LogP contribution in [-0.4, -0.2) is 12.0 Å². The number of carbonyl (C=O) groups is 1. The van der Waals surface area contributed by atoms with Gasteiger partial charge in [-0.3, -0.25) is 4.79 Å². The van der Waals surface area contributed by atoms with Gasteiger partial charge in [-0.05, 0) is 12.8 Å². The maximum atomic E-state index is 11.0. The second-order valence-electron chi connectivity index (χ2n) is 2.58. The fourth-order valence-corrected chi connectivity index (χ4v) is 0.990.